The lowest BCUT2D eigenvalue weighted by Crippen LogP contribution is -3.00. The number of hydrogen-bond donors (Lipinski definition) is 0. The molecule has 0 unspecified atom stereocenters. The molecule has 4 rings (SSSR count). The average molecular weight is 711 g/mol. The SMILES string of the molecule is CCN(C)c1ccc(N=Nc2cc[n+](CCCCCC[n+]3cccc(N=Nc4ccc(N(C)C)cc4)c3)cc2)cc1.[Br-].[Br-]. The first-order valence-electron chi connectivity index (χ1n) is 14.4. The summed E-state index contributed by atoms with van der Waals surface area (Å²) in [5, 5.41) is 17.6. The molecule has 0 fully saturated rings. The Morgan fingerprint density at radius 2 is 1.02 bits per heavy atom. The Morgan fingerprint density at radius 1 is 0.535 bits per heavy atom. The number of azo groups is 2. The van der Waals surface area contributed by atoms with Crippen molar-refractivity contribution in [3.05, 3.63) is 97.6 Å². The van der Waals surface area contributed by atoms with Crippen molar-refractivity contribution in [1.29, 1.82) is 0 Å². The Bertz CT molecular complexity index is 1410. The van der Waals surface area contributed by atoms with Gasteiger partial charge in [0.05, 0.1) is 17.1 Å². The molecule has 0 spiro atoms. The molecule has 2 aromatic heterocycles. The number of unbranched alkanes of at least 4 members (excludes halogenated alkanes) is 3. The summed E-state index contributed by atoms with van der Waals surface area (Å²) in [6.45, 7) is 5.09. The predicted molar refractivity (Wildman–Crippen MR) is 166 cm³/mol. The minimum Gasteiger partial charge on any atom is -1.00 e. The average Bonchev–Trinajstić information content (AvgIpc) is 3.01. The van der Waals surface area contributed by atoms with Gasteiger partial charge in [0.15, 0.2) is 24.8 Å². The highest BCUT2D eigenvalue weighted by Crippen LogP contribution is 2.22. The molecule has 0 atom stereocenters. The van der Waals surface area contributed by atoms with Gasteiger partial charge in [-0.3, -0.25) is 0 Å². The second kappa shape index (κ2) is 18.9. The Labute approximate surface area is 277 Å². The Hall–Kier alpha value is -3.50. The lowest BCUT2D eigenvalue weighted by molar-refractivity contribution is -0.698. The van der Waals surface area contributed by atoms with Crippen LogP contribution >= 0.6 is 0 Å². The van der Waals surface area contributed by atoms with E-state index >= 15 is 0 Å². The van der Waals surface area contributed by atoms with E-state index in [0.29, 0.717) is 0 Å². The van der Waals surface area contributed by atoms with Crippen molar-refractivity contribution in [2.75, 3.05) is 37.5 Å². The van der Waals surface area contributed by atoms with E-state index in [-0.39, 0.29) is 34.0 Å². The summed E-state index contributed by atoms with van der Waals surface area (Å²) < 4.78 is 4.41. The highest BCUT2D eigenvalue weighted by molar-refractivity contribution is 5.53. The number of hydrogen-bond acceptors (Lipinski definition) is 6. The molecule has 43 heavy (non-hydrogen) atoms. The normalized spacial score (nSPS) is 10.9. The molecule has 2 aromatic carbocycles. The van der Waals surface area contributed by atoms with Crippen LogP contribution in [0.15, 0.2) is 118 Å². The standard InChI is InChI=1S/C33H42N8.2BrH/c1-5-39(4)33-18-14-29(15-19-33)34-36-30-20-25-40(26-21-30)22-8-6-7-9-23-41-24-10-11-31(27-41)37-35-28-12-16-32(17-13-28)38(2)3;;/h10-21,24-27H,5-9,22-23H2,1-4H3;2*1H/q+2;;/p-2. The van der Waals surface area contributed by atoms with Gasteiger partial charge in [-0.05, 0) is 74.4 Å². The van der Waals surface area contributed by atoms with Gasteiger partial charge >= 0.3 is 0 Å². The van der Waals surface area contributed by atoms with Crippen LogP contribution in [-0.2, 0) is 13.1 Å². The summed E-state index contributed by atoms with van der Waals surface area (Å²) >= 11 is 0. The molecule has 0 aliphatic rings. The fraction of sp³-hybridized carbons (Fsp3) is 0.333. The quantitative estimate of drug-likeness (QED) is 0.114. The molecule has 0 aliphatic carbocycles. The van der Waals surface area contributed by atoms with Crippen LogP contribution in [0.4, 0.5) is 34.1 Å². The van der Waals surface area contributed by atoms with Gasteiger partial charge in [-0.25, -0.2) is 9.13 Å². The van der Waals surface area contributed by atoms with E-state index in [1.165, 1.54) is 18.5 Å². The van der Waals surface area contributed by atoms with Crippen LogP contribution in [-0.4, -0.2) is 27.7 Å². The first-order chi connectivity index (χ1) is 20.0. The molecule has 0 radical (unpaired) electrons. The van der Waals surface area contributed by atoms with Crippen LogP contribution in [0, 0.1) is 0 Å². The monoisotopic (exact) mass is 708 g/mol. The molecular weight excluding hydrogens is 668 g/mol. The van der Waals surface area contributed by atoms with E-state index in [0.717, 1.165) is 60.9 Å². The topological polar surface area (TPSA) is 63.7 Å². The number of rotatable bonds is 14. The van der Waals surface area contributed by atoms with Gasteiger partial charge < -0.3 is 43.8 Å². The van der Waals surface area contributed by atoms with Crippen LogP contribution in [0.5, 0.6) is 0 Å². The molecule has 0 aliphatic heterocycles. The maximum absolute atomic E-state index is 4.42. The number of aromatic nitrogens is 2. The molecule has 0 N–H and O–H groups in total. The third kappa shape index (κ3) is 12.0. The summed E-state index contributed by atoms with van der Waals surface area (Å²) in [5.41, 5.74) is 5.76. The Kier molecular flexibility index (Phi) is 15.7. The minimum atomic E-state index is 0. The third-order valence-electron chi connectivity index (χ3n) is 6.99. The molecule has 0 saturated heterocycles. The van der Waals surface area contributed by atoms with Crippen LogP contribution in [0.25, 0.3) is 0 Å². The van der Waals surface area contributed by atoms with Crippen molar-refractivity contribution >= 4 is 34.1 Å². The summed E-state index contributed by atoms with van der Waals surface area (Å²) in [4.78, 5) is 4.26. The van der Waals surface area contributed by atoms with Crippen molar-refractivity contribution in [1.82, 2.24) is 0 Å². The fourth-order valence-electron chi connectivity index (χ4n) is 4.32. The molecule has 0 amide bonds. The predicted octanol–water partition coefficient (Wildman–Crippen LogP) is 1.88. The maximum Gasteiger partial charge on any atom is 0.196 e. The second-order valence-corrected chi connectivity index (χ2v) is 10.3. The van der Waals surface area contributed by atoms with E-state index in [1.54, 1.807) is 0 Å². The largest absolute Gasteiger partial charge is 1.00 e. The van der Waals surface area contributed by atoms with Gasteiger partial charge in [0, 0.05) is 70.1 Å². The summed E-state index contributed by atoms with van der Waals surface area (Å²) in [7, 11) is 6.14. The van der Waals surface area contributed by atoms with Crippen LogP contribution in [0.1, 0.15) is 32.6 Å². The Morgan fingerprint density at radius 3 is 1.56 bits per heavy atom. The van der Waals surface area contributed by atoms with Crippen molar-refractivity contribution in [3.63, 3.8) is 0 Å². The highest BCUT2D eigenvalue weighted by atomic mass is 79.9. The number of nitrogens with zero attached hydrogens (tertiary/aromatic N) is 8. The molecule has 0 bridgehead atoms. The molecule has 8 nitrogen and oxygen atoms in total. The number of aryl methyl sites for hydroxylation is 2. The molecule has 228 valence electrons. The van der Waals surface area contributed by atoms with Gasteiger partial charge in [-0.2, -0.15) is 15.3 Å². The van der Waals surface area contributed by atoms with E-state index in [2.05, 4.69) is 90.3 Å². The first-order valence-corrected chi connectivity index (χ1v) is 14.4. The summed E-state index contributed by atoms with van der Waals surface area (Å²) in [6, 6.07) is 24.3. The van der Waals surface area contributed by atoms with Gasteiger partial charge in [0.2, 0.25) is 0 Å². The molecule has 0 saturated carbocycles. The zero-order chi connectivity index (χ0) is 28.9. The summed E-state index contributed by atoms with van der Waals surface area (Å²) in [6.07, 6.45) is 13.0. The van der Waals surface area contributed by atoms with Crippen molar-refractivity contribution in [2.45, 2.75) is 45.7 Å². The molecular formula is C33H42Br2N8. The molecule has 4 aromatic rings. The zero-order valence-corrected chi connectivity index (χ0v) is 28.7. The van der Waals surface area contributed by atoms with E-state index in [4.69, 9.17) is 0 Å². The van der Waals surface area contributed by atoms with Gasteiger partial charge in [0.25, 0.3) is 0 Å². The smallest absolute Gasteiger partial charge is 0.196 e. The first kappa shape index (κ1) is 35.7. The second-order valence-electron chi connectivity index (χ2n) is 10.3. The van der Waals surface area contributed by atoms with Crippen LogP contribution < -0.4 is 52.9 Å². The zero-order valence-electron chi connectivity index (χ0n) is 25.5. The third-order valence-corrected chi connectivity index (χ3v) is 6.99. The highest BCUT2D eigenvalue weighted by Gasteiger charge is 2.05. The van der Waals surface area contributed by atoms with Gasteiger partial charge in [-0.1, -0.05) is 0 Å². The molecule has 2 heterocycles. The lowest BCUT2D eigenvalue weighted by Gasteiger charge is -2.16. The number of halogens is 2. The van der Waals surface area contributed by atoms with Crippen molar-refractivity contribution in [3.8, 4) is 0 Å². The number of benzene rings is 2. The van der Waals surface area contributed by atoms with Gasteiger partial charge in [0.1, 0.15) is 18.8 Å². The van der Waals surface area contributed by atoms with Crippen LogP contribution in [0.3, 0.4) is 0 Å². The Balaban J connectivity index is 0.00000323. The van der Waals surface area contributed by atoms with E-state index in [9.17, 15) is 0 Å². The van der Waals surface area contributed by atoms with Crippen LogP contribution in [0.2, 0.25) is 0 Å². The molecule has 10 heteroatoms. The maximum atomic E-state index is 4.42. The van der Waals surface area contributed by atoms with Crippen molar-refractivity contribution < 1.29 is 43.1 Å². The number of anilines is 2. The van der Waals surface area contributed by atoms with E-state index < -0.39 is 0 Å². The fourth-order valence-corrected chi connectivity index (χ4v) is 4.32. The van der Waals surface area contributed by atoms with Gasteiger partial charge in [-0.15, -0.1) is 5.11 Å². The lowest BCUT2D eigenvalue weighted by atomic mass is 10.2. The van der Waals surface area contributed by atoms with Crippen molar-refractivity contribution in [2.24, 2.45) is 20.5 Å². The summed E-state index contributed by atoms with van der Waals surface area (Å²) in [5.74, 6) is 0. The minimum absolute atomic E-state index is 0. The van der Waals surface area contributed by atoms with E-state index in [1.807, 2.05) is 74.8 Å². The number of pyridine rings is 2.